The van der Waals surface area contributed by atoms with Gasteiger partial charge in [0.15, 0.2) is 5.11 Å². The van der Waals surface area contributed by atoms with Gasteiger partial charge in [-0.05, 0) is 54.2 Å². The summed E-state index contributed by atoms with van der Waals surface area (Å²) in [4.78, 5) is 12.2. The van der Waals surface area contributed by atoms with Crippen molar-refractivity contribution in [2.75, 3.05) is 12.1 Å². The summed E-state index contributed by atoms with van der Waals surface area (Å²) in [6.07, 6.45) is 0.208. The van der Waals surface area contributed by atoms with Gasteiger partial charge < -0.3 is 10.5 Å². The van der Waals surface area contributed by atoms with Crippen molar-refractivity contribution in [3.63, 3.8) is 0 Å². The van der Waals surface area contributed by atoms with Crippen molar-refractivity contribution >= 4 is 44.9 Å². The first kappa shape index (κ1) is 17.2. The van der Waals surface area contributed by atoms with Crippen LogP contribution in [0, 0.1) is 0 Å². The maximum Gasteiger partial charge on any atom is 0.243 e. The van der Waals surface area contributed by atoms with Crippen LogP contribution in [0.5, 0.6) is 5.75 Å². The van der Waals surface area contributed by atoms with Crippen LogP contribution in [0.4, 0.5) is 5.69 Å². The molecule has 0 heterocycles. The normalized spacial score (nSPS) is 10.0. The number of rotatable bonds is 4. The van der Waals surface area contributed by atoms with E-state index >= 15 is 0 Å². The monoisotopic (exact) mass is 393 g/mol. The molecule has 3 N–H and O–H groups in total. The van der Waals surface area contributed by atoms with Gasteiger partial charge in [-0.25, -0.2) is 5.01 Å². The zero-order valence-corrected chi connectivity index (χ0v) is 14.9. The molecule has 2 aromatic rings. The number of carbonyl (C=O) groups excluding carboxylic acids is 1. The highest BCUT2D eigenvalue weighted by Crippen LogP contribution is 2.17. The number of amides is 1. The quantitative estimate of drug-likeness (QED) is 0.617. The fourth-order valence-electron chi connectivity index (χ4n) is 1.93. The number of halogens is 1. The number of benzene rings is 2. The van der Waals surface area contributed by atoms with Crippen LogP contribution >= 0.6 is 28.1 Å². The van der Waals surface area contributed by atoms with Crippen molar-refractivity contribution in [3.8, 4) is 5.75 Å². The molecule has 0 fully saturated rings. The number of ether oxygens (including phenoxy) is 1. The number of anilines is 1. The molecule has 7 heteroatoms. The molecule has 0 spiro atoms. The van der Waals surface area contributed by atoms with Gasteiger partial charge in [0.2, 0.25) is 5.91 Å². The van der Waals surface area contributed by atoms with E-state index in [-0.39, 0.29) is 17.4 Å². The van der Waals surface area contributed by atoms with Gasteiger partial charge >= 0.3 is 0 Å². The third kappa shape index (κ3) is 4.94. The Morgan fingerprint density at radius 3 is 2.35 bits per heavy atom. The zero-order chi connectivity index (χ0) is 16.8. The number of methoxy groups -OCH3 is 1. The van der Waals surface area contributed by atoms with E-state index in [0.717, 1.165) is 15.8 Å². The van der Waals surface area contributed by atoms with Gasteiger partial charge in [0.1, 0.15) is 5.75 Å². The van der Waals surface area contributed by atoms with E-state index in [1.54, 1.807) is 19.2 Å². The molecule has 0 atom stereocenters. The molecule has 0 radical (unpaired) electrons. The molecule has 0 aliphatic rings. The summed E-state index contributed by atoms with van der Waals surface area (Å²) in [6.45, 7) is 0. The molecular formula is C16H16BrN3O2S. The Labute approximate surface area is 148 Å². The number of thiocarbonyl (C=S) groups is 1. The number of nitrogens with one attached hydrogen (secondary N) is 1. The molecule has 2 rings (SSSR count). The van der Waals surface area contributed by atoms with Gasteiger partial charge in [-0.15, -0.1) is 0 Å². The third-order valence-electron chi connectivity index (χ3n) is 3.07. The molecule has 0 aromatic heterocycles. The second kappa shape index (κ2) is 7.94. The van der Waals surface area contributed by atoms with Crippen molar-refractivity contribution in [2.45, 2.75) is 6.42 Å². The lowest BCUT2D eigenvalue weighted by Gasteiger charge is -2.23. The van der Waals surface area contributed by atoms with E-state index in [2.05, 4.69) is 21.4 Å². The lowest BCUT2D eigenvalue weighted by atomic mass is 10.1. The summed E-state index contributed by atoms with van der Waals surface area (Å²) in [5.41, 5.74) is 9.96. The summed E-state index contributed by atoms with van der Waals surface area (Å²) >= 11 is 8.37. The first-order valence-corrected chi connectivity index (χ1v) is 7.97. The molecule has 0 aliphatic heterocycles. The SMILES string of the molecule is COc1ccc(CC(=O)NN(C(N)=S)c2ccc(Br)cc2)cc1. The second-order valence-electron chi connectivity index (χ2n) is 4.71. The molecule has 0 saturated carbocycles. The highest BCUT2D eigenvalue weighted by atomic mass is 79.9. The topological polar surface area (TPSA) is 67.6 Å². The zero-order valence-electron chi connectivity index (χ0n) is 12.5. The number of hydrazine groups is 1. The smallest absolute Gasteiger partial charge is 0.243 e. The first-order chi connectivity index (χ1) is 11.0. The summed E-state index contributed by atoms with van der Waals surface area (Å²) in [6, 6.07) is 14.6. The van der Waals surface area contributed by atoms with Gasteiger partial charge in [-0.1, -0.05) is 28.1 Å². The minimum absolute atomic E-state index is 0.0652. The van der Waals surface area contributed by atoms with Crippen molar-refractivity contribution in [1.29, 1.82) is 0 Å². The minimum Gasteiger partial charge on any atom is -0.497 e. The summed E-state index contributed by atoms with van der Waals surface area (Å²) in [5, 5.41) is 1.45. The summed E-state index contributed by atoms with van der Waals surface area (Å²) in [5.74, 6) is 0.527. The minimum atomic E-state index is -0.217. The molecule has 120 valence electrons. The lowest BCUT2D eigenvalue weighted by Crippen LogP contribution is -2.49. The lowest BCUT2D eigenvalue weighted by molar-refractivity contribution is -0.120. The van der Waals surface area contributed by atoms with E-state index in [4.69, 9.17) is 22.7 Å². The van der Waals surface area contributed by atoms with Crippen LogP contribution in [-0.2, 0) is 11.2 Å². The largest absolute Gasteiger partial charge is 0.497 e. The van der Waals surface area contributed by atoms with Crippen molar-refractivity contribution < 1.29 is 9.53 Å². The van der Waals surface area contributed by atoms with Crippen LogP contribution in [0.3, 0.4) is 0 Å². The summed E-state index contributed by atoms with van der Waals surface area (Å²) in [7, 11) is 1.60. The molecule has 0 aliphatic carbocycles. The highest BCUT2D eigenvalue weighted by Gasteiger charge is 2.13. The van der Waals surface area contributed by atoms with Crippen LogP contribution in [0.15, 0.2) is 53.0 Å². The van der Waals surface area contributed by atoms with Crippen LogP contribution in [0.25, 0.3) is 0 Å². The van der Waals surface area contributed by atoms with Gasteiger partial charge in [-0.2, -0.15) is 0 Å². The number of nitrogens with zero attached hydrogens (tertiary/aromatic N) is 1. The molecule has 2 aromatic carbocycles. The summed E-state index contributed by atoms with van der Waals surface area (Å²) < 4.78 is 6.02. The second-order valence-corrected chi connectivity index (χ2v) is 6.04. The molecule has 0 saturated heterocycles. The maximum absolute atomic E-state index is 12.2. The van der Waals surface area contributed by atoms with Gasteiger partial charge in [0.05, 0.1) is 19.2 Å². The third-order valence-corrected chi connectivity index (χ3v) is 3.78. The van der Waals surface area contributed by atoms with Crippen molar-refractivity contribution in [3.05, 3.63) is 58.6 Å². The molecule has 1 amide bonds. The standard InChI is InChI=1S/C16H16BrN3O2S/c1-22-14-8-2-11(3-9-14)10-15(21)19-20(16(18)23)13-6-4-12(17)5-7-13/h2-9H,10H2,1H3,(H2,18,23)(H,19,21). The average Bonchev–Trinajstić information content (AvgIpc) is 2.54. The van der Waals surface area contributed by atoms with Gasteiger partial charge in [0.25, 0.3) is 0 Å². The Bertz CT molecular complexity index is 689. The molecule has 23 heavy (non-hydrogen) atoms. The first-order valence-electron chi connectivity index (χ1n) is 6.77. The number of carbonyl (C=O) groups is 1. The highest BCUT2D eigenvalue weighted by molar-refractivity contribution is 9.10. The predicted octanol–water partition coefficient (Wildman–Crippen LogP) is 2.78. The van der Waals surface area contributed by atoms with E-state index in [1.165, 1.54) is 5.01 Å². The van der Waals surface area contributed by atoms with Crippen molar-refractivity contribution in [1.82, 2.24) is 5.43 Å². The van der Waals surface area contributed by atoms with Gasteiger partial charge in [0, 0.05) is 4.47 Å². The number of nitrogens with two attached hydrogens (primary N) is 1. The molecular weight excluding hydrogens is 378 g/mol. The Morgan fingerprint density at radius 2 is 1.83 bits per heavy atom. The Morgan fingerprint density at radius 1 is 1.22 bits per heavy atom. The Balaban J connectivity index is 2.05. The number of hydrogen-bond donors (Lipinski definition) is 2. The predicted molar refractivity (Wildman–Crippen MR) is 98.2 cm³/mol. The number of hydrogen-bond acceptors (Lipinski definition) is 3. The maximum atomic E-state index is 12.2. The van der Waals surface area contributed by atoms with Crippen LogP contribution in [0.2, 0.25) is 0 Å². The molecule has 0 unspecified atom stereocenters. The fourth-order valence-corrected chi connectivity index (χ4v) is 2.35. The molecule has 0 bridgehead atoms. The molecule has 5 nitrogen and oxygen atoms in total. The van der Waals surface area contributed by atoms with Crippen molar-refractivity contribution in [2.24, 2.45) is 5.73 Å². The Hall–Kier alpha value is -2.12. The van der Waals surface area contributed by atoms with Crippen LogP contribution in [-0.4, -0.2) is 18.1 Å². The van der Waals surface area contributed by atoms with Gasteiger partial charge in [-0.3, -0.25) is 10.2 Å². The van der Waals surface area contributed by atoms with E-state index in [0.29, 0.717) is 5.69 Å². The van der Waals surface area contributed by atoms with E-state index < -0.39 is 0 Å². The Kier molecular flexibility index (Phi) is 5.95. The van der Waals surface area contributed by atoms with Crippen LogP contribution in [0.1, 0.15) is 5.56 Å². The van der Waals surface area contributed by atoms with E-state index in [1.807, 2.05) is 36.4 Å². The van der Waals surface area contributed by atoms with E-state index in [9.17, 15) is 4.79 Å². The average molecular weight is 394 g/mol. The fraction of sp³-hybridized carbons (Fsp3) is 0.125. The van der Waals surface area contributed by atoms with Crippen LogP contribution < -0.4 is 20.9 Å².